The Balaban J connectivity index is 2.99. The number of nitrogens with two attached hydrogens (primary N) is 1. The molecule has 5 heteroatoms. The summed E-state index contributed by atoms with van der Waals surface area (Å²) in [5.74, 6) is 5.91. The van der Waals surface area contributed by atoms with Gasteiger partial charge >= 0.3 is 5.91 Å². The Kier molecular flexibility index (Phi) is 2.78. The Hall–Kier alpha value is -0.940. The summed E-state index contributed by atoms with van der Waals surface area (Å²) in [5, 5.41) is 0. The molecule has 1 aromatic rings. The lowest BCUT2D eigenvalue weighted by molar-refractivity contribution is 0.0923. The third kappa shape index (κ3) is 1.62. The lowest BCUT2D eigenvalue weighted by Crippen LogP contribution is -2.30. The van der Waals surface area contributed by atoms with E-state index in [0.717, 1.165) is 5.56 Å². The van der Waals surface area contributed by atoms with Gasteiger partial charge in [0, 0.05) is 11.3 Å². The molecule has 12 heavy (non-hydrogen) atoms. The number of furan rings is 1. The van der Waals surface area contributed by atoms with E-state index in [0.29, 0.717) is 11.5 Å². The number of carbonyl (C=O) groups excluding carboxylic acids is 1. The highest BCUT2D eigenvalue weighted by Gasteiger charge is 2.13. The van der Waals surface area contributed by atoms with Crippen LogP contribution < -0.4 is 11.3 Å². The number of nitrogen functional groups attached to an aromatic ring is 1. The molecule has 0 saturated heterocycles. The van der Waals surface area contributed by atoms with Crippen molar-refractivity contribution in [2.45, 2.75) is 12.7 Å². The summed E-state index contributed by atoms with van der Waals surface area (Å²) >= 11 is 4.01. The van der Waals surface area contributed by atoms with Gasteiger partial charge in [0.15, 0.2) is 5.76 Å². The first-order valence-electron chi connectivity index (χ1n) is 3.40. The van der Waals surface area contributed by atoms with Crippen LogP contribution >= 0.6 is 12.6 Å². The zero-order valence-electron chi connectivity index (χ0n) is 6.63. The van der Waals surface area contributed by atoms with Gasteiger partial charge in [-0.1, -0.05) is 0 Å². The molecule has 66 valence electrons. The van der Waals surface area contributed by atoms with Crippen molar-refractivity contribution >= 4 is 18.5 Å². The van der Waals surface area contributed by atoms with Gasteiger partial charge in [0.2, 0.25) is 0 Å². The molecule has 1 aromatic heterocycles. The van der Waals surface area contributed by atoms with E-state index in [1.54, 1.807) is 13.0 Å². The van der Waals surface area contributed by atoms with Crippen LogP contribution in [0.2, 0.25) is 0 Å². The molecule has 0 aliphatic rings. The molecule has 0 saturated carbocycles. The lowest BCUT2D eigenvalue weighted by atomic mass is 10.2. The van der Waals surface area contributed by atoms with E-state index in [2.05, 4.69) is 12.6 Å². The van der Waals surface area contributed by atoms with Crippen molar-refractivity contribution in [2.24, 2.45) is 5.84 Å². The Bertz CT molecular complexity index is 296. The van der Waals surface area contributed by atoms with E-state index in [4.69, 9.17) is 10.3 Å². The number of rotatable bonds is 2. The summed E-state index contributed by atoms with van der Waals surface area (Å²) in [6.45, 7) is 1.78. The van der Waals surface area contributed by atoms with Gasteiger partial charge in [-0.3, -0.25) is 10.2 Å². The molecule has 0 aliphatic carbocycles. The third-order valence-electron chi connectivity index (χ3n) is 1.46. The van der Waals surface area contributed by atoms with Crippen LogP contribution in [0.25, 0.3) is 0 Å². The Labute approximate surface area is 75.5 Å². The molecular formula is C7H10N2O2S. The predicted molar refractivity (Wildman–Crippen MR) is 47.8 cm³/mol. The predicted octanol–water partition coefficient (Wildman–Crippen LogP) is 0.621. The maximum atomic E-state index is 11.0. The second-order valence-corrected chi connectivity index (χ2v) is 2.67. The van der Waals surface area contributed by atoms with Crippen LogP contribution in [0.3, 0.4) is 0 Å². The van der Waals surface area contributed by atoms with Crippen LogP contribution in [-0.4, -0.2) is 5.91 Å². The fourth-order valence-corrected chi connectivity index (χ4v) is 1.07. The average Bonchev–Trinajstić information content (AvgIpc) is 2.45. The Morgan fingerprint density at radius 3 is 2.92 bits per heavy atom. The maximum Gasteiger partial charge on any atom is 0.301 e. The minimum atomic E-state index is -0.416. The van der Waals surface area contributed by atoms with Crippen molar-refractivity contribution in [3.63, 3.8) is 0 Å². The molecule has 0 radical (unpaired) electrons. The number of thiol groups is 1. The standard InChI is InChI=1S/C7H10N2O2S/c1-4-2-5(3-12)11-6(4)7(10)9-8/h2,12H,3,8H2,1H3,(H,9,10). The lowest BCUT2D eigenvalue weighted by Gasteiger charge is -1.94. The van der Waals surface area contributed by atoms with E-state index in [9.17, 15) is 4.79 Å². The molecule has 4 nitrogen and oxygen atoms in total. The molecule has 0 aromatic carbocycles. The number of hydrogen-bond donors (Lipinski definition) is 3. The number of hydrogen-bond acceptors (Lipinski definition) is 4. The van der Waals surface area contributed by atoms with Gasteiger partial charge in [0.1, 0.15) is 5.76 Å². The largest absolute Gasteiger partial charge is 0.455 e. The van der Waals surface area contributed by atoms with Gasteiger partial charge in [0.05, 0.1) is 0 Å². The number of hydrazine groups is 1. The van der Waals surface area contributed by atoms with Gasteiger partial charge in [-0.2, -0.15) is 12.6 Å². The number of nitrogens with one attached hydrogen (secondary N) is 1. The van der Waals surface area contributed by atoms with Crippen LogP contribution in [0.4, 0.5) is 0 Å². The first-order valence-corrected chi connectivity index (χ1v) is 4.03. The van der Waals surface area contributed by atoms with Crippen molar-refractivity contribution in [1.82, 2.24) is 5.43 Å². The summed E-state index contributed by atoms with van der Waals surface area (Å²) in [4.78, 5) is 11.0. The van der Waals surface area contributed by atoms with Gasteiger partial charge in [-0.05, 0) is 13.0 Å². The molecule has 0 bridgehead atoms. The summed E-state index contributed by atoms with van der Waals surface area (Å²) in [5.41, 5.74) is 2.77. The van der Waals surface area contributed by atoms with Crippen molar-refractivity contribution in [3.05, 3.63) is 23.2 Å². The molecular weight excluding hydrogens is 176 g/mol. The van der Waals surface area contributed by atoms with E-state index >= 15 is 0 Å². The van der Waals surface area contributed by atoms with Crippen LogP contribution in [-0.2, 0) is 5.75 Å². The summed E-state index contributed by atoms with van der Waals surface area (Å²) in [7, 11) is 0. The monoisotopic (exact) mass is 186 g/mol. The van der Waals surface area contributed by atoms with Gasteiger partial charge in [0.25, 0.3) is 0 Å². The second-order valence-electron chi connectivity index (χ2n) is 2.36. The third-order valence-corrected chi connectivity index (χ3v) is 1.77. The highest BCUT2D eigenvalue weighted by atomic mass is 32.1. The van der Waals surface area contributed by atoms with Crippen molar-refractivity contribution in [3.8, 4) is 0 Å². The van der Waals surface area contributed by atoms with Crippen LogP contribution in [0.15, 0.2) is 10.5 Å². The molecule has 1 rings (SSSR count). The molecule has 3 N–H and O–H groups in total. The molecule has 1 amide bonds. The summed E-state index contributed by atoms with van der Waals surface area (Å²) in [6, 6.07) is 1.76. The van der Waals surface area contributed by atoms with Crippen LogP contribution in [0.1, 0.15) is 21.9 Å². The molecule has 1 heterocycles. The van der Waals surface area contributed by atoms with E-state index < -0.39 is 5.91 Å². The van der Waals surface area contributed by atoms with Crippen LogP contribution in [0.5, 0.6) is 0 Å². The number of carbonyl (C=O) groups is 1. The SMILES string of the molecule is Cc1cc(CS)oc1C(=O)NN. The summed E-state index contributed by atoms with van der Waals surface area (Å²) in [6.07, 6.45) is 0. The van der Waals surface area contributed by atoms with Crippen LogP contribution in [0, 0.1) is 6.92 Å². The minimum Gasteiger partial charge on any atom is -0.455 e. The topological polar surface area (TPSA) is 68.3 Å². The highest BCUT2D eigenvalue weighted by molar-refractivity contribution is 7.79. The molecule has 0 spiro atoms. The first-order chi connectivity index (χ1) is 5.69. The first kappa shape index (κ1) is 9.15. The highest BCUT2D eigenvalue weighted by Crippen LogP contribution is 2.15. The van der Waals surface area contributed by atoms with Crippen molar-refractivity contribution in [1.29, 1.82) is 0 Å². The maximum absolute atomic E-state index is 11.0. The second kappa shape index (κ2) is 3.64. The minimum absolute atomic E-state index is 0.251. The van der Waals surface area contributed by atoms with E-state index in [-0.39, 0.29) is 5.76 Å². The number of amides is 1. The molecule has 0 unspecified atom stereocenters. The quantitative estimate of drug-likeness (QED) is 0.274. The number of aryl methyl sites for hydroxylation is 1. The molecule has 0 aliphatic heterocycles. The van der Waals surface area contributed by atoms with Gasteiger partial charge in [-0.25, -0.2) is 5.84 Å². The zero-order chi connectivity index (χ0) is 9.14. The molecule has 0 atom stereocenters. The van der Waals surface area contributed by atoms with Gasteiger partial charge in [-0.15, -0.1) is 0 Å². The Morgan fingerprint density at radius 2 is 2.50 bits per heavy atom. The van der Waals surface area contributed by atoms with Crippen molar-refractivity contribution < 1.29 is 9.21 Å². The molecule has 0 fully saturated rings. The van der Waals surface area contributed by atoms with E-state index in [1.165, 1.54) is 0 Å². The van der Waals surface area contributed by atoms with Crippen molar-refractivity contribution in [2.75, 3.05) is 0 Å². The average molecular weight is 186 g/mol. The normalized spacial score (nSPS) is 9.92. The fourth-order valence-electron chi connectivity index (χ4n) is 0.917. The smallest absolute Gasteiger partial charge is 0.301 e. The van der Waals surface area contributed by atoms with E-state index in [1.807, 2.05) is 5.43 Å². The Morgan fingerprint density at radius 1 is 1.83 bits per heavy atom. The van der Waals surface area contributed by atoms with Gasteiger partial charge < -0.3 is 4.42 Å². The zero-order valence-corrected chi connectivity index (χ0v) is 7.52. The summed E-state index contributed by atoms with van der Waals surface area (Å²) < 4.78 is 5.15. The fraction of sp³-hybridized carbons (Fsp3) is 0.286.